The van der Waals surface area contributed by atoms with E-state index in [2.05, 4.69) is 34.0 Å². The zero-order valence-corrected chi connectivity index (χ0v) is 11.3. The number of hydrogen-bond acceptors (Lipinski definition) is 2. The van der Waals surface area contributed by atoms with Crippen molar-refractivity contribution in [1.82, 2.24) is 14.9 Å². The van der Waals surface area contributed by atoms with Gasteiger partial charge in [0, 0.05) is 13.1 Å². The largest absolute Gasteiger partial charge is 0.370 e. The molecule has 3 rings (SSSR count). The average molecular weight is 257 g/mol. The number of aromatic amines is 1. The summed E-state index contributed by atoms with van der Waals surface area (Å²) in [4.78, 5) is 14.2. The zero-order valence-electron chi connectivity index (χ0n) is 11.3. The third-order valence-corrected chi connectivity index (χ3v) is 3.53. The van der Waals surface area contributed by atoms with Gasteiger partial charge in [0.2, 0.25) is 0 Å². The van der Waals surface area contributed by atoms with Crippen LogP contribution in [0.2, 0.25) is 0 Å². The van der Waals surface area contributed by atoms with Crippen LogP contribution in [0.3, 0.4) is 0 Å². The van der Waals surface area contributed by atoms with Crippen LogP contribution in [0.25, 0.3) is 11.0 Å². The first-order valence-corrected chi connectivity index (χ1v) is 6.61. The fourth-order valence-corrected chi connectivity index (χ4v) is 2.17. The molecule has 5 nitrogen and oxygen atoms in total. The molecule has 1 aromatic carbocycles. The maximum atomic E-state index is 5.96. The minimum atomic E-state index is 0.497. The van der Waals surface area contributed by atoms with Crippen molar-refractivity contribution in [2.24, 2.45) is 10.7 Å². The van der Waals surface area contributed by atoms with Crippen molar-refractivity contribution in [3.05, 3.63) is 29.6 Å². The van der Waals surface area contributed by atoms with Gasteiger partial charge in [-0.25, -0.2) is 9.98 Å². The third kappa shape index (κ3) is 2.54. The Morgan fingerprint density at radius 3 is 3.05 bits per heavy atom. The fourth-order valence-electron chi connectivity index (χ4n) is 2.17. The van der Waals surface area contributed by atoms with Gasteiger partial charge in [0.15, 0.2) is 5.96 Å². The number of hydrogen-bond donors (Lipinski definition) is 2. The van der Waals surface area contributed by atoms with E-state index in [9.17, 15) is 0 Å². The van der Waals surface area contributed by atoms with Gasteiger partial charge in [0.05, 0.1) is 11.0 Å². The van der Waals surface area contributed by atoms with Crippen LogP contribution in [0.5, 0.6) is 0 Å². The molecule has 19 heavy (non-hydrogen) atoms. The molecule has 1 fully saturated rings. The number of imidazole rings is 1. The van der Waals surface area contributed by atoms with Crippen LogP contribution in [-0.4, -0.2) is 33.9 Å². The summed E-state index contributed by atoms with van der Waals surface area (Å²) >= 11 is 0. The quantitative estimate of drug-likeness (QED) is 0.650. The van der Waals surface area contributed by atoms with Gasteiger partial charge in [-0.3, -0.25) is 0 Å². The molecule has 1 aliphatic carbocycles. The highest BCUT2D eigenvalue weighted by Gasteiger charge is 2.27. The highest BCUT2D eigenvalue weighted by atomic mass is 15.3. The third-order valence-electron chi connectivity index (χ3n) is 3.53. The molecule has 1 saturated carbocycles. The molecule has 5 heteroatoms. The van der Waals surface area contributed by atoms with Gasteiger partial charge in [-0.1, -0.05) is 6.07 Å². The van der Waals surface area contributed by atoms with Gasteiger partial charge in [-0.05, 0) is 37.5 Å². The number of guanidine groups is 1. The van der Waals surface area contributed by atoms with E-state index in [4.69, 9.17) is 5.73 Å². The van der Waals surface area contributed by atoms with Gasteiger partial charge >= 0.3 is 0 Å². The molecule has 100 valence electrons. The summed E-state index contributed by atoms with van der Waals surface area (Å²) in [5, 5.41) is 0. The van der Waals surface area contributed by atoms with Crippen molar-refractivity contribution in [2.75, 3.05) is 7.05 Å². The predicted molar refractivity (Wildman–Crippen MR) is 76.9 cm³/mol. The second-order valence-corrected chi connectivity index (χ2v) is 5.22. The van der Waals surface area contributed by atoms with Gasteiger partial charge in [-0.2, -0.15) is 0 Å². The smallest absolute Gasteiger partial charge is 0.191 e. The summed E-state index contributed by atoms with van der Waals surface area (Å²) in [5.74, 6) is 1.45. The molecular formula is C14H19N5. The van der Waals surface area contributed by atoms with Crippen molar-refractivity contribution >= 4 is 17.0 Å². The van der Waals surface area contributed by atoms with Gasteiger partial charge in [-0.15, -0.1) is 0 Å². The first-order chi connectivity index (χ1) is 9.13. The minimum Gasteiger partial charge on any atom is -0.370 e. The minimum absolute atomic E-state index is 0.497. The number of benzene rings is 1. The Morgan fingerprint density at radius 1 is 1.53 bits per heavy atom. The van der Waals surface area contributed by atoms with E-state index in [0.29, 0.717) is 18.5 Å². The van der Waals surface area contributed by atoms with E-state index >= 15 is 0 Å². The molecule has 1 heterocycles. The fraction of sp³-hybridized carbons (Fsp3) is 0.429. The summed E-state index contributed by atoms with van der Waals surface area (Å²) in [6.07, 6.45) is 2.44. The van der Waals surface area contributed by atoms with E-state index in [1.807, 2.05) is 18.0 Å². The van der Waals surface area contributed by atoms with Crippen LogP contribution in [0.15, 0.2) is 23.2 Å². The van der Waals surface area contributed by atoms with E-state index in [1.165, 1.54) is 18.4 Å². The zero-order chi connectivity index (χ0) is 13.4. The molecule has 1 aromatic heterocycles. The number of nitrogens with two attached hydrogens (primary N) is 1. The summed E-state index contributed by atoms with van der Waals surface area (Å²) < 4.78 is 0. The molecule has 2 aromatic rings. The Kier molecular flexibility index (Phi) is 2.89. The lowest BCUT2D eigenvalue weighted by Crippen LogP contribution is -2.35. The van der Waals surface area contributed by atoms with Crippen LogP contribution < -0.4 is 5.73 Å². The number of rotatable bonds is 3. The Bertz CT molecular complexity index is 624. The molecular weight excluding hydrogens is 238 g/mol. The van der Waals surface area contributed by atoms with Gasteiger partial charge in [0.25, 0.3) is 0 Å². The van der Waals surface area contributed by atoms with E-state index in [0.717, 1.165) is 16.9 Å². The molecule has 1 aliphatic rings. The molecule has 0 saturated heterocycles. The highest BCUT2D eigenvalue weighted by Crippen LogP contribution is 2.24. The number of nitrogens with one attached hydrogen (secondary N) is 1. The van der Waals surface area contributed by atoms with Gasteiger partial charge < -0.3 is 15.6 Å². The summed E-state index contributed by atoms with van der Waals surface area (Å²) in [7, 11) is 2.00. The Labute approximate surface area is 112 Å². The summed E-state index contributed by atoms with van der Waals surface area (Å²) in [5.41, 5.74) is 9.21. The number of fused-ring (bicyclic) bond motifs is 1. The first kappa shape index (κ1) is 12.0. The number of aryl methyl sites for hydroxylation is 1. The molecule has 0 amide bonds. The maximum absolute atomic E-state index is 5.96. The average Bonchev–Trinajstić information content (AvgIpc) is 3.16. The van der Waals surface area contributed by atoms with Crippen LogP contribution in [-0.2, 0) is 6.54 Å². The molecule has 0 radical (unpaired) electrons. The van der Waals surface area contributed by atoms with Crippen molar-refractivity contribution in [3.8, 4) is 0 Å². The standard InChI is InChI=1S/C14H19N5/c1-9-3-6-11-12(7-9)18-13(17-11)8-16-14(15)19(2)10-4-5-10/h3,6-7,10H,4-5,8H2,1-2H3,(H2,15,16)(H,17,18). The molecule has 0 atom stereocenters. The van der Waals surface area contributed by atoms with E-state index in [1.54, 1.807) is 0 Å². The number of aromatic nitrogens is 2. The Morgan fingerprint density at radius 2 is 2.32 bits per heavy atom. The highest BCUT2D eigenvalue weighted by molar-refractivity contribution is 5.78. The molecule has 3 N–H and O–H groups in total. The Balaban J connectivity index is 1.75. The second-order valence-electron chi connectivity index (χ2n) is 5.22. The van der Waals surface area contributed by atoms with Crippen molar-refractivity contribution in [2.45, 2.75) is 32.4 Å². The lowest BCUT2D eigenvalue weighted by molar-refractivity contribution is 0.487. The van der Waals surface area contributed by atoms with Crippen molar-refractivity contribution in [1.29, 1.82) is 0 Å². The molecule has 0 spiro atoms. The normalized spacial score (nSPS) is 16.0. The van der Waals surface area contributed by atoms with E-state index in [-0.39, 0.29) is 0 Å². The lowest BCUT2D eigenvalue weighted by Gasteiger charge is -2.16. The summed E-state index contributed by atoms with van der Waals surface area (Å²) in [6, 6.07) is 6.76. The summed E-state index contributed by atoms with van der Waals surface area (Å²) in [6.45, 7) is 2.57. The second kappa shape index (κ2) is 4.57. The lowest BCUT2D eigenvalue weighted by atomic mass is 10.2. The van der Waals surface area contributed by atoms with E-state index < -0.39 is 0 Å². The first-order valence-electron chi connectivity index (χ1n) is 6.61. The number of aliphatic imine (C=N–C) groups is 1. The van der Waals surface area contributed by atoms with Crippen LogP contribution in [0.4, 0.5) is 0 Å². The molecule has 0 bridgehead atoms. The number of H-pyrrole nitrogens is 1. The van der Waals surface area contributed by atoms with Crippen molar-refractivity contribution in [3.63, 3.8) is 0 Å². The monoisotopic (exact) mass is 257 g/mol. The van der Waals surface area contributed by atoms with Crippen molar-refractivity contribution < 1.29 is 0 Å². The van der Waals surface area contributed by atoms with Crippen LogP contribution >= 0.6 is 0 Å². The molecule has 0 unspecified atom stereocenters. The van der Waals surface area contributed by atoms with Crippen LogP contribution in [0.1, 0.15) is 24.2 Å². The SMILES string of the molecule is Cc1ccc2nc(CN=C(N)N(C)C3CC3)[nH]c2c1. The maximum Gasteiger partial charge on any atom is 0.191 e. The van der Waals surface area contributed by atoms with Crippen LogP contribution in [0, 0.1) is 6.92 Å². The number of nitrogens with zero attached hydrogens (tertiary/aromatic N) is 3. The van der Waals surface area contributed by atoms with Gasteiger partial charge in [0.1, 0.15) is 12.4 Å². The topological polar surface area (TPSA) is 70.3 Å². The molecule has 0 aliphatic heterocycles. The predicted octanol–water partition coefficient (Wildman–Crippen LogP) is 1.78. The Hall–Kier alpha value is -2.04.